The molecule has 0 saturated carbocycles. The van der Waals surface area contributed by atoms with Gasteiger partial charge in [0.05, 0.1) is 5.92 Å². The van der Waals surface area contributed by atoms with Crippen LogP contribution in [0.15, 0.2) is 17.2 Å². The first-order valence-electron chi connectivity index (χ1n) is 5.62. The molecule has 1 aromatic rings. The van der Waals surface area contributed by atoms with Crippen LogP contribution in [0.4, 0.5) is 5.82 Å². The Morgan fingerprint density at radius 3 is 3.00 bits per heavy atom. The maximum Gasteiger partial charge on any atom is 0.306 e. The number of aromatic amines is 1. The Balaban J connectivity index is 2.18. The Morgan fingerprint density at radius 2 is 2.41 bits per heavy atom. The molecule has 0 spiro atoms. The molecular weight excluding hydrogens is 222 g/mol. The van der Waals surface area contributed by atoms with Gasteiger partial charge >= 0.3 is 5.97 Å². The maximum atomic E-state index is 11.6. The fraction of sp³-hybridized carbons (Fsp3) is 0.545. The molecule has 1 aromatic heterocycles. The number of aliphatic carboxylic acids is 1. The molecule has 1 aliphatic heterocycles. The van der Waals surface area contributed by atoms with Crippen molar-refractivity contribution in [1.29, 1.82) is 0 Å². The van der Waals surface area contributed by atoms with Crippen LogP contribution in [0.5, 0.6) is 0 Å². The molecular formula is C11H15N3O3. The zero-order chi connectivity index (χ0) is 12.4. The van der Waals surface area contributed by atoms with Crippen molar-refractivity contribution in [3.63, 3.8) is 0 Å². The van der Waals surface area contributed by atoms with Crippen molar-refractivity contribution in [2.75, 3.05) is 11.4 Å². The number of piperidine rings is 1. The van der Waals surface area contributed by atoms with Gasteiger partial charge in [-0.05, 0) is 19.8 Å². The summed E-state index contributed by atoms with van der Waals surface area (Å²) in [7, 11) is 0. The van der Waals surface area contributed by atoms with Crippen LogP contribution in [0.2, 0.25) is 0 Å². The molecule has 1 saturated heterocycles. The number of anilines is 1. The van der Waals surface area contributed by atoms with Gasteiger partial charge in [-0.15, -0.1) is 0 Å². The minimum Gasteiger partial charge on any atom is -0.481 e. The van der Waals surface area contributed by atoms with Crippen LogP contribution in [-0.2, 0) is 4.79 Å². The smallest absolute Gasteiger partial charge is 0.306 e. The number of carbonyl (C=O) groups is 1. The molecule has 2 unspecified atom stereocenters. The van der Waals surface area contributed by atoms with E-state index >= 15 is 0 Å². The molecule has 2 N–H and O–H groups in total. The lowest BCUT2D eigenvalue weighted by molar-refractivity contribution is -0.142. The SMILES string of the molecule is CC1CC(C(=O)O)CCN1c1ncc[nH]c1=O. The fourth-order valence-electron chi connectivity index (χ4n) is 2.26. The average molecular weight is 237 g/mol. The molecule has 1 fully saturated rings. The van der Waals surface area contributed by atoms with E-state index in [0.29, 0.717) is 25.2 Å². The van der Waals surface area contributed by atoms with Gasteiger partial charge in [-0.1, -0.05) is 0 Å². The number of carboxylic acid groups (broad SMARTS) is 1. The number of hydrogen-bond donors (Lipinski definition) is 2. The minimum atomic E-state index is -0.758. The molecule has 0 bridgehead atoms. The monoisotopic (exact) mass is 237 g/mol. The third-order valence-corrected chi connectivity index (χ3v) is 3.19. The molecule has 6 heteroatoms. The van der Waals surface area contributed by atoms with Crippen LogP contribution in [-0.4, -0.2) is 33.6 Å². The summed E-state index contributed by atoms with van der Waals surface area (Å²) in [5, 5.41) is 8.97. The van der Waals surface area contributed by atoms with E-state index in [9.17, 15) is 9.59 Å². The number of carboxylic acids is 1. The van der Waals surface area contributed by atoms with Crippen LogP contribution in [0.3, 0.4) is 0 Å². The second-order valence-corrected chi connectivity index (χ2v) is 4.34. The Bertz CT molecular complexity index is 471. The van der Waals surface area contributed by atoms with Crippen LogP contribution >= 0.6 is 0 Å². The van der Waals surface area contributed by atoms with Crippen molar-refractivity contribution in [2.45, 2.75) is 25.8 Å². The molecule has 0 amide bonds. The molecule has 92 valence electrons. The highest BCUT2D eigenvalue weighted by molar-refractivity contribution is 5.70. The van der Waals surface area contributed by atoms with E-state index in [1.54, 1.807) is 0 Å². The number of rotatable bonds is 2. The maximum absolute atomic E-state index is 11.6. The summed E-state index contributed by atoms with van der Waals surface area (Å²) in [6.45, 7) is 2.47. The molecule has 0 aliphatic carbocycles. The highest BCUT2D eigenvalue weighted by atomic mass is 16.4. The highest BCUT2D eigenvalue weighted by Crippen LogP contribution is 2.24. The molecule has 2 rings (SSSR count). The Morgan fingerprint density at radius 1 is 1.65 bits per heavy atom. The topological polar surface area (TPSA) is 86.3 Å². The second-order valence-electron chi connectivity index (χ2n) is 4.34. The van der Waals surface area contributed by atoms with Gasteiger partial charge in [0.2, 0.25) is 0 Å². The average Bonchev–Trinajstić information content (AvgIpc) is 2.30. The van der Waals surface area contributed by atoms with Crippen LogP contribution in [0.1, 0.15) is 19.8 Å². The lowest BCUT2D eigenvalue weighted by Crippen LogP contribution is -2.45. The standard InChI is InChI=1S/C11H15N3O3/c1-7-6-8(11(16)17)2-5-14(7)9-10(15)13-4-3-12-9/h3-4,7-8H,2,5-6H2,1H3,(H,13,15)(H,16,17). The first kappa shape index (κ1) is 11.6. The Kier molecular flexibility index (Phi) is 3.12. The van der Waals surface area contributed by atoms with E-state index in [0.717, 1.165) is 0 Å². The van der Waals surface area contributed by atoms with E-state index in [2.05, 4.69) is 9.97 Å². The van der Waals surface area contributed by atoms with Gasteiger partial charge in [0.25, 0.3) is 5.56 Å². The summed E-state index contributed by atoms with van der Waals surface area (Å²) < 4.78 is 0. The summed E-state index contributed by atoms with van der Waals surface area (Å²) in [4.78, 5) is 31.0. The van der Waals surface area contributed by atoms with E-state index < -0.39 is 5.97 Å². The van der Waals surface area contributed by atoms with E-state index in [-0.39, 0.29) is 17.5 Å². The van der Waals surface area contributed by atoms with Crippen molar-refractivity contribution in [1.82, 2.24) is 9.97 Å². The first-order valence-corrected chi connectivity index (χ1v) is 5.62. The van der Waals surface area contributed by atoms with Gasteiger partial charge in [-0.3, -0.25) is 9.59 Å². The van der Waals surface area contributed by atoms with Crippen LogP contribution in [0.25, 0.3) is 0 Å². The van der Waals surface area contributed by atoms with Crippen LogP contribution < -0.4 is 10.5 Å². The van der Waals surface area contributed by atoms with Crippen molar-refractivity contribution < 1.29 is 9.90 Å². The van der Waals surface area contributed by atoms with Gasteiger partial charge in [0, 0.05) is 25.0 Å². The third-order valence-electron chi connectivity index (χ3n) is 3.19. The van der Waals surface area contributed by atoms with Gasteiger partial charge in [-0.25, -0.2) is 4.98 Å². The molecule has 1 aliphatic rings. The summed E-state index contributed by atoms with van der Waals surface area (Å²) >= 11 is 0. The number of H-pyrrole nitrogens is 1. The van der Waals surface area contributed by atoms with E-state index in [1.165, 1.54) is 12.4 Å². The minimum absolute atomic E-state index is 0.0147. The molecule has 6 nitrogen and oxygen atoms in total. The summed E-state index contributed by atoms with van der Waals surface area (Å²) in [6, 6.07) is 0.0147. The Labute approximate surface area is 98.3 Å². The van der Waals surface area contributed by atoms with Gasteiger partial charge in [0.1, 0.15) is 0 Å². The predicted octanol–water partition coefficient (Wildman–Crippen LogP) is 0.459. The number of hydrogen-bond acceptors (Lipinski definition) is 4. The molecule has 17 heavy (non-hydrogen) atoms. The van der Waals surface area contributed by atoms with Crippen molar-refractivity contribution in [3.8, 4) is 0 Å². The first-order chi connectivity index (χ1) is 8.09. The normalized spacial score (nSPS) is 24.6. The molecule has 0 radical (unpaired) electrons. The van der Waals surface area contributed by atoms with Gasteiger partial charge in [0.15, 0.2) is 5.82 Å². The van der Waals surface area contributed by atoms with E-state index in [1.807, 2.05) is 11.8 Å². The zero-order valence-corrected chi connectivity index (χ0v) is 9.59. The predicted molar refractivity (Wildman–Crippen MR) is 62.0 cm³/mol. The van der Waals surface area contributed by atoms with Crippen molar-refractivity contribution >= 4 is 11.8 Å². The van der Waals surface area contributed by atoms with Crippen LogP contribution in [0, 0.1) is 5.92 Å². The van der Waals surface area contributed by atoms with E-state index in [4.69, 9.17) is 5.11 Å². The number of nitrogens with zero attached hydrogens (tertiary/aromatic N) is 2. The molecule has 2 heterocycles. The molecule has 2 atom stereocenters. The van der Waals surface area contributed by atoms with Crippen molar-refractivity contribution in [3.05, 3.63) is 22.7 Å². The third kappa shape index (κ3) is 2.30. The molecule has 0 aromatic carbocycles. The summed E-state index contributed by atoms with van der Waals surface area (Å²) in [5.41, 5.74) is -0.229. The largest absolute Gasteiger partial charge is 0.481 e. The highest BCUT2D eigenvalue weighted by Gasteiger charge is 2.31. The second kappa shape index (κ2) is 4.57. The van der Waals surface area contributed by atoms with Crippen molar-refractivity contribution in [2.24, 2.45) is 5.92 Å². The van der Waals surface area contributed by atoms with Gasteiger partial charge < -0.3 is 15.0 Å². The number of nitrogens with one attached hydrogen (secondary N) is 1. The summed E-state index contributed by atoms with van der Waals surface area (Å²) in [5.74, 6) is -0.695. The zero-order valence-electron chi connectivity index (χ0n) is 9.59. The number of aromatic nitrogens is 2. The Hall–Kier alpha value is -1.85. The lowest BCUT2D eigenvalue weighted by Gasteiger charge is -2.36. The quantitative estimate of drug-likeness (QED) is 0.780. The summed E-state index contributed by atoms with van der Waals surface area (Å²) in [6.07, 6.45) is 4.12. The van der Waals surface area contributed by atoms with Gasteiger partial charge in [-0.2, -0.15) is 0 Å². The lowest BCUT2D eigenvalue weighted by atomic mass is 9.92. The fourth-order valence-corrected chi connectivity index (χ4v) is 2.26.